The molecule has 0 saturated carbocycles. The minimum atomic E-state index is -0.405. The smallest absolute Gasteiger partial charge is 0.193 e. The summed E-state index contributed by atoms with van der Waals surface area (Å²) in [6, 6.07) is 5.23. The number of phenols is 1. The molecule has 1 N–H and O–H groups in total. The molecule has 118 valence electrons. The van der Waals surface area contributed by atoms with Crippen LogP contribution in [0.25, 0.3) is 17.0 Å². The van der Waals surface area contributed by atoms with Crippen molar-refractivity contribution in [1.29, 1.82) is 0 Å². The molecule has 6 heteroatoms. The first-order chi connectivity index (χ1) is 11.0. The Bertz CT molecular complexity index is 917. The first-order valence-electron chi connectivity index (χ1n) is 6.77. The number of halogens is 1. The second-order valence-electron chi connectivity index (χ2n) is 4.88. The summed E-state index contributed by atoms with van der Waals surface area (Å²) < 4.78 is 16.3. The van der Waals surface area contributed by atoms with Crippen molar-refractivity contribution in [3.63, 3.8) is 0 Å². The van der Waals surface area contributed by atoms with Crippen LogP contribution in [0.2, 0.25) is 0 Å². The van der Waals surface area contributed by atoms with E-state index in [2.05, 4.69) is 15.9 Å². The van der Waals surface area contributed by atoms with Gasteiger partial charge >= 0.3 is 0 Å². The van der Waals surface area contributed by atoms with Gasteiger partial charge in [-0.2, -0.15) is 0 Å². The standard InChI is InChI=1S/C17H13BrO5/c1-9-3-4-10(23-9)5-6-12(19)13-15(20)14(18)17-11(7-8-22-17)16(13)21-2/h3-8,20H,1-2H3/b6-5+. The molecular weight excluding hydrogens is 364 g/mol. The van der Waals surface area contributed by atoms with Crippen LogP contribution in [-0.2, 0) is 0 Å². The van der Waals surface area contributed by atoms with Gasteiger partial charge in [0.1, 0.15) is 33.1 Å². The number of fused-ring (bicyclic) bond motifs is 1. The summed E-state index contributed by atoms with van der Waals surface area (Å²) in [6.45, 7) is 1.82. The van der Waals surface area contributed by atoms with E-state index >= 15 is 0 Å². The van der Waals surface area contributed by atoms with Crippen molar-refractivity contribution in [3.8, 4) is 11.5 Å². The SMILES string of the molecule is COc1c(C(=O)/C=C/c2ccc(C)o2)c(O)c(Br)c2occc12. The molecule has 0 saturated heterocycles. The zero-order valence-electron chi connectivity index (χ0n) is 12.4. The van der Waals surface area contributed by atoms with Crippen LogP contribution in [0.1, 0.15) is 21.9 Å². The summed E-state index contributed by atoms with van der Waals surface area (Å²) in [6.07, 6.45) is 4.34. The number of allylic oxidation sites excluding steroid dienone is 1. The molecule has 0 aliphatic heterocycles. The lowest BCUT2D eigenvalue weighted by Gasteiger charge is -2.11. The minimum Gasteiger partial charge on any atom is -0.506 e. The zero-order valence-corrected chi connectivity index (χ0v) is 14.0. The van der Waals surface area contributed by atoms with Crippen LogP contribution < -0.4 is 4.74 Å². The Kier molecular flexibility index (Phi) is 4.00. The number of phenolic OH excluding ortho intramolecular Hbond substituents is 1. The summed E-state index contributed by atoms with van der Waals surface area (Å²) in [4.78, 5) is 12.5. The van der Waals surface area contributed by atoms with Crippen LogP contribution in [0.15, 0.2) is 43.8 Å². The van der Waals surface area contributed by atoms with E-state index in [0.29, 0.717) is 21.2 Å². The van der Waals surface area contributed by atoms with Crippen molar-refractivity contribution >= 4 is 38.8 Å². The number of hydrogen-bond donors (Lipinski definition) is 1. The van der Waals surface area contributed by atoms with Gasteiger partial charge in [0.25, 0.3) is 0 Å². The molecule has 2 aromatic heterocycles. The molecule has 0 aliphatic carbocycles. The number of furan rings is 2. The highest BCUT2D eigenvalue weighted by molar-refractivity contribution is 9.10. The topological polar surface area (TPSA) is 72.8 Å². The predicted octanol–water partition coefficient (Wildman–Crippen LogP) is 4.71. The predicted molar refractivity (Wildman–Crippen MR) is 88.9 cm³/mol. The highest BCUT2D eigenvalue weighted by Crippen LogP contribution is 2.44. The van der Waals surface area contributed by atoms with Crippen LogP contribution >= 0.6 is 15.9 Å². The number of rotatable bonds is 4. The molecule has 3 rings (SSSR count). The van der Waals surface area contributed by atoms with E-state index in [1.165, 1.54) is 19.4 Å². The lowest BCUT2D eigenvalue weighted by molar-refractivity contribution is 0.104. The molecule has 2 heterocycles. The zero-order chi connectivity index (χ0) is 16.6. The average molecular weight is 377 g/mol. The molecule has 23 heavy (non-hydrogen) atoms. The normalized spacial score (nSPS) is 11.4. The molecule has 0 bridgehead atoms. The van der Waals surface area contributed by atoms with Crippen LogP contribution in [0.5, 0.6) is 11.5 Å². The number of hydrogen-bond acceptors (Lipinski definition) is 5. The van der Waals surface area contributed by atoms with E-state index in [4.69, 9.17) is 13.6 Å². The first-order valence-corrected chi connectivity index (χ1v) is 7.56. The Morgan fingerprint density at radius 2 is 2.13 bits per heavy atom. The summed E-state index contributed by atoms with van der Waals surface area (Å²) in [7, 11) is 1.44. The maximum Gasteiger partial charge on any atom is 0.193 e. The van der Waals surface area contributed by atoms with Gasteiger partial charge in [-0.1, -0.05) is 0 Å². The number of benzene rings is 1. The van der Waals surface area contributed by atoms with Crippen molar-refractivity contribution in [3.05, 3.63) is 52.1 Å². The largest absolute Gasteiger partial charge is 0.506 e. The number of methoxy groups -OCH3 is 1. The van der Waals surface area contributed by atoms with Crippen molar-refractivity contribution < 1.29 is 23.5 Å². The molecule has 1 aromatic carbocycles. The Hall–Kier alpha value is -2.47. The molecule has 5 nitrogen and oxygen atoms in total. The minimum absolute atomic E-state index is 0.0628. The van der Waals surface area contributed by atoms with E-state index in [1.807, 2.05) is 6.92 Å². The van der Waals surface area contributed by atoms with E-state index in [0.717, 1.165) is 5.76 Å². The van der Waals surface area contributed by atoms with Gasteiger partial charge in [0.2, 0.25) is 0 Å². The molecule has 0 unspecified atom stereocenters. The van der Waals surface area contributed by atoms with Crippen molar-refractivity contribution in [2.45, 2.75) is 6.92 Å². The number of ether oxygens (including phenoxy) is 1. The summed E-state index contributed by atoms with van der Waals surface area (Å²) in [5, 5.41) is 10.9. The maximum absolute atomic E-state index is 12.5. The van der Waals surface area contributed by atoms with Gasteiger partial charge in [0, 0.05) is 0 Å². The van der Waals surface area contributed by atoms with Gasteiger partial charge in [0.15, 0.2) is 11.4 Å². The molecule has 0 spiro atoms. The molecule has 0 radical (unpaired) electrons. The maximum atomic E-state index is 12.5. The van der Waals surface area contributed by atoms with Gasteiger partial charge in [-0.05, 0) is 53.2 Å². The molecule has 3 aromatic rings. The van der Waals surface area contributed by atoms with E-state index in [1.54, 1.807) is 24.3 Å². The van der Waals surface area contributed by atoms with Crippen molar-refractivity contribution in [2.24, 2.45) is 0 Å². The summed E-state index contributed by atoms with van der Waals surface area (Å²) in [5.41, 5.74) is 0.481. The summed E-state index contributed by atoms with van der Waals surface area (Å²) >= 11 is 3.25. The Balaban J connectivity index is 2.09. The van der Waals surface area contributed by atoms with Crippen LogP contribution in [0.4, 0.5) is 0 Å². The van der Waals surface area contributed by atoms with Gasteiger partial charge < -0.3 is 18.7 Å². The number of aromatic hydroxyl groups is 1. The Morgan fingerprint density at radius 1 is 1.35 bits per heavy atom. The van der Waals surface area contributed by atoms with E-state index in [9.17, 15) is 9.90 Å². The van der Waals surface area contributed by atoms with Gasteiger partial charge in [0.05, 0.1) is 18.8 Å². The fourth-order valence-corrected chi connectivity index (χ4v) is 2.85. The number of aryl methyl sites for hydroxylation is 1. The lowest BCUT2D eigenvalue weighted by atomic mass is 10.0. The second kappa shape index (κ2) is 5.96. The third kappa shape index (κ3) is 2.66. The van der Waals surface area contributed by atoms with Crippen molar-refractivity contribution in [2.75, 3.05) is 7.11 Å². The van der Waals surface area contributed by atoms with Crippen molar-refractivity contribution in [1.82, 2.24) is 0 Å². The molecular formula is C17H13BrO5. The number of ketones is 1. The summed E-state index contributed by atoms with van der Waals surface area (Å²) in [5.74, 6) is 0.935. The van der Waals surface area contributed by atoms with Crippen LogP contribution in [-0.4, -0.2) is 18.0 Å². The third-order valence-corrected chi connectivity index (χ3v) is 4.13. The number of carbonyl (C=O) groups excluding carboxylic acids is 1. The average Bonchev–Trinajstić information content (AvgIpc) is 3.17. The molecule has 0 atom stereocenters. The molecule has 0 fully saturated rings. The fourth-order valence-electron chi connectivity index (χ4n) is 2.34. The van der Waals surface area contributed by atoms with Gasteiger partial charge in [-0.15, -0.1) is 0 Å². The number of carbonyl (C=O) groups is 1. The second-order valence-corrected chi connectivity index (χ2v) is 5.67. The Labute approximate surface area is 140 Å². The highest BCUT2D eigenvalue weighted by atomic mass is 79.9. The highest BCUT2D eigenvalue weighted by Gasteiger charge is 2.24. The van der Waals surface area contributed by atoms with Gasteiger partial charge in [-0.25, -0.2) is 0 Å². The Morgan fingerprint density at radius 3 is 2.78 bits per heavy atom. The van der Waals surface area contributed by atoms with E-state index in [-0.39, 0.29) is 17.1 Å². The lowest BCUT2D eigenvalue weighted by Crippen LogP contribution is -2.01. The van der Waals surface area contributed by atoms with E-state index < -0.39 is 5.78 Å². The monoisotopic (exact) mass is 376 g/mol. The third-order valence-electron chi connectivity index (χ3n) is 3.39. The first kappa shape index (κ1) is 15.4. The molecule has 0 aliphatic rings. The quantitative estimate of drug-likeness (QED) is 0.527. The van der Waals surface area contributed by atoms with Gasteiger partial charge in [-0.3, -0.25) is 4.79 Å². The fraction of sp³-hybridized carbons (Fsp3) is 0.118. The van der Waals surface area contributed by atoms with Crippen LogP contribution in [0, 0.1) is 6.92 Å². The molecule has 0 amide bonds. The van der Waals surface area contributed by atoms with Crippen LogP contribution in [0.3, 0.4) is 0 Å².